The van der Waals surface area contributed by atoms with Gasteiger partial charge in [0.2, 0.25) is 0 Å². The Labute approximate surface area is 118 Å². The van der Waals surface area contributed by atoms with Crippen LogP contribution in [0.25, 0.3) is 0 Å². The van der Waals surface area contributed by atoms with E-state index in [9.17, 15) is 0 Å². The Kier molecular flexibility index (Phi) is 5.67. The molecule has 0 bridgehead atoms. The molecule has 0 aromatic heterocycles. The molecule has 0 aromatic carbocycles. The van der Waals surface area contributed by atoms with Crippen LogP contribution in [-0.4, -0.2) is 38.0 Å². The van der Waals surface area contributed by atoms with Crippen molar-refractivity contribution in [3.63, 3.8) is 0 Å². The fourth-order valence-electron chi connectivity index (χ4n) is 3.51. The third-order valence-corrected chi connectivity index (χ3v) is 4.61. The summed E-state index contributed by atoms with van der Waals surface area (Å²) < 4.78 is 11.6. The third-order valence-electron chi connectivity index (χ3n) is 4.61. The van der Waals surface area contributed by atoms with Crippen molar-refractivity contribution in [1.29, 1.82) is 0 Å². The summed E-state index contributed by atoms with van der Waals surface area (Å²) in [4.78, 5) is 0. The van der Waals surface area contributed by atoms with Gasteiger partial charge in [-0.1, -0.05) is 20.8 Å². The van der Waals surface area contributed by atoms with Gasteiger partial charge < -0.3 is 14.8 Å². The molecule has 112 valence electrons. The average molecular weight is 269 g/mol. The van der Waals surface area contributed by atoms with Crippen LogP contribution in [0.1, 0.15) is 52.9 Å². The van der Waals surface area contributed by atoms with Crippen molar-refractivity contribution >= 4 is 0 Å². The molecule has 0 amide bonds. The third kappa shape index (κ3) is 4.73. The first-order valence-electron chi connectivity index (χ1n) is 8.05. The van der Waals surface area contributed by atoms with E-state index in [4.69, 9.17) is 9.47 Å². The van der Waals surface area contributed by atoms with E-state index in [1.54, 1.807) is 0 Å². The normalized spacial score (nSPS) is 28.7. The largest absolute Gasteiger partial charge is 0.381 e. The van der Waals surface area contributed by atoms with Crippen molar-refractivity contribution in [3.05, 3.63) is 0 Å². The van der Waals surface area contributed by atoms with Gasteiger partial charge in [0.1, 0.15) is 0 Å². The van der Waals surface area contributed by atoms with E-state index >= 15 is 0 Å². The first-order valence-corrected chi connectivity index (χ1v) is 8.05. The van der Waals surface area contributed by atoms with Gasteiger partial charge in [-0.05, 0) is 50.5 Å². The highest BCUT2D eigenvalue weighted by Crippen LogP contribution is 2.39. The van der Waals surface area contributed by atoms with Crippen molar-refractivity contribution in [3.8, 4) is 0 Å². The molecule has 2 unspecified atom stereocenters. The lowest BCUT2D eigenvalue weighted by atomic mass is 9.77. The Morgan fingerprint density at radius 1 is 1.16 bits per heavy atom. The zero-order valence-corrected chi connectivity index (χ0v) is 12.9. The summed E-state index contributed by atoms with van der Waals surface area (Å²) in [6, 6.07) is 0.596. The van der Waals surface area contributed by atoms with E-state index < -0.39 is 0 Å². The summed E-state index contributed by atoms with van der Waals surface area (Å²) in [6.07, 6.45) is 6.03. The second-order valence-corrected chi connectivity index (χ2v) is 6.91. The monoisotopic (exact) mass is 269 g/mol. The molecule has 2 heterocycles. The van der Waals surface area contributed by atoms with Crippen molar-refractivity contribution in [2.45, 2.75) is 64.5 Å². The van der Waals surface area contributed by atoms with Crippen LogP contribution in [0.4, 0.5) is 0 Å². The minimum atomic E-state index is 0.159. The minimum absolute atomic E-state index is 0.159. The maximum Gasteiger partial charge on any atom is 0.0729 e. The van der Waals surface area contributed by atoms with Crippen LogP contribution >= 0.6 is 0 Å². The van der Waals surface area contributed by atoms with Crippen molar-refractivity contribution in [1.82, 2.24) is 5.32 Å². The second kappa shape index (κ2) is 7.05. The van der Waals surface area contributed by atoms with Crippen LogP contribution in [0.15, 0.2) is 0 Å². The molecule has 1 spiro atoms. The lowest BCUT2D eigenvalue weighted by Gasteiger charge is -2.44. The fourth-order valence-corrected chi connectivity index (χ4v) is 3.51. The van der Waals surface area contributed by atoms with Gasteiger partial charge in [0.05, 0.1) is 5.60 Å². The molecule has 2 atom stereocenters. The number of hydrogen-bond acceptors (Lipinski definition) is 3. The maximum absolute atomic E-state index is 6.12. The molecule has 0 saturated carbocycles. The Morgan fingerprint density at radius 2 is 1.89 bits per heavy atom. The molecule has 0 aliphatic carbocycles. The van der Waals surface area contributed by atoms with Gasteiger partial charge >= 0.3 is 0 Å². The smallest absolute Gasteiger partial charge is 0.0729 e. The molecule has 2 aliphatic heterocycles. The summed E-state index contributed by atoms with van der Waals surface area (Å²) in [5.41, 5.74) is 0.159. The Balaban J connectivity index is 1.77. The first kappa shape index (κ1) is 15.3. The van der Waals surface area contributed by atoms with Crippen LogP contribution in [0.5, 0.6) is 0 Å². The first-order chi connectivity index (χ1) is 9.10. The summed E-state index contributed by atoms with van der Waals surface area (Å²) >= 11 is 0. The summed E-state index contributed by atoms with van der Waals surface area (Å²) in [5, 5.41) is 3.55. The highest BCUT2D eigenvalue weighted by Gasteiger charge is 2.39. The van der Waals surface area contributed by atoms with Crippen molar-refractivity contribution in [2.75, 3.05) is 26.4 Å². The Morgan fingerprint density at radius 3 is 2.58 bits per heavy atom. The van der Waals surface area contributed by atoms with Gasteiger partial charge in [-0.2, -0.15) is 0 Å². The van der Waals surface area contributed by atoms with Crippen LogP contribution in [0.3, 0.4) is 0 Å². The summed E-state index contributed by atoms with van der Waals surface area (Å²) in [6.45, 7) is 10.7. The van der Waals surface area contributed by atoms with Gasteiger partial charge in [0, 0.05) is 25.9 Å². The van der Waals surface area contributed by atoms with Gasteiger partial charge in [0.15, 0.2) is 0 Å². The van der Waals surface area contributed by atoms with Gasteiger partial charge in [-0.15, -0.1) is 0 Å². The van der Waals surface area contributed by atoms with Crippen molar-refractivity contribution < 1.29 is 9.47 Å². The van der Waals surface area contributed by atoms with Gasteiger partial charge in [-0.3, -0.25) is 0 Å². The molecule has 2 saturated heterocycles. The maximum atomic E-state index is 6.12. The Bertz CT molecular complexity index is 256. The summed E-state index contributed by atoms with van der Waals surface area (Å²) in [5.74, 6) is 1.61. The zero-order valence-electron chi connectivity index (χ0n) is 12.9. The fraction of sp³-hybridized carbons (Fsp3) is 1.00. The molecule has 1 N–H and O–H groups in total. The SMILES string of the molecule is CC(CNC(C)C)CC1CCOC2(CCOCC2)C1. The minimum Gasteiger partial charge on any atom is -0.381 e. The number of rotatable bonds is 5. The predicted octanol–water partition coefficient (Wildman–Crippen LogP) is 2.99. The molecular weight excluding hydrogens is 238 g/mol. The number of nitrogens with one attached hydrogen (secondary N) is 1. The summed E-state index contributed by atoms with van der Waals surface area (Å²) in [7, 11) is 0. The molecule has 19 heavy (non-hydrogen) atoms. The van der Waals surface area contributed by atoms with Crippen LogP contribution in [0.2, 0.25) is 0 Å². The Hall–Kier alpha value is -0.120. The lowest BCUT2D eigenvalue weighted by molar-refractivity contribution is -0.148. The number of ether oxygens (including phenoxy) is 2. The van der Waals surface area contributed by atoms with E-state index in [0.29, 0.717) is 6.04 Å². The predicted molar refractivity (Wildman–Crippen MR) is 78.4 cm³/mol. The van der Waals surface area contributed by atoms with Gasteiger partial charge in [0.25, 0.3) is 0 Å². The topological polar surface area (TPSA) is 30.5 Å². The molecular formula is C16H31NO2. The molecule has 2 rings (SSSR count). The van der Waals surface area contributed by atoms with Crippen LogP contribution in [0, 0.1) is 11.8 Å². The molecule has 2 fully saturated rings. The van der Waals surface area contributed by atoms with E-state index in [-0.39, 0.29) is 5.60 Å². The van der Waals surface area contributed by atoms with E-state index in [1.165, 1.54) is 19.3 Å². The van der Waals surface area contributed by atoms with Crippen LogP contribution in [-0.2, 0) is 9.47 Å². The molecule has 2 aliphatic rings. The number of hydrogen-bond donors (Lipinski definition) is 1. The van der Waals surface area contributed by atoms with Gasteiger partial charge in [-0.25, -0.2) is 0 Å². The lowest BCUT2D eigenvalue weighted by Crippen LogP contribution is -2.44. The highest BCUT2D eigenvalue weighted by molar-refractivity contribution is 4.89. The van der Waals surface area contributed by atoms with E-state index in [0.717, 1.165) is 51.0 Å². The van der Waals surface area contributed by atoms with Crippen LogP contribution < -0.4 is 5.32 Å². The van der Waals surface area contributed by atoms with E-state index in [2.05, 4.69) is 26.1 Å². The standard InChI is InChI=1S/C16H31NO2/c1-13(2)17-12-14(3)10-15-4-7-19-16(11-15)5-8-18-9-6-16/h13-15,17H,4-12H2,1-3H3. The molecule has 0 aromatic rings. The second-order valence-electron chi connectivity index (χ2n) is 6.91. The average Bonchev–Trinajstić information content (AvgIpc) is 2.37. The molecule has 3 nitrogen and oxygen atoms in total. The molecule has 0 radical (unpaired) electrons. The van der Waals surface area contributed by atoms with E-state index in [1.807, 2.05) is 0 Å². The molecule has 3 heteroatoms. The quantitative estimate of drug-likeness (QED) is 0.832. The zero-order chi connectivity index (χ0) is 13.7. The highest BCUT2D eigenvalue weighted by atomic mass is 16.5. The van der Waals surface area contributed by atoms with Crippen molar-refractivity contribution in [2.24, 2.45) is 11.8 Å².